The summed E-state index contributed by atoms with van der Waals surface area (Å²) in [5, 5.41) is 7.64. The standard InChI is InChI=1S/C30H29BrN6O4/c1-18(32-2)28(38)35-24-17-37(29(39)23-15-33-12-13-34-23)26-7-5-4-6-25(26)36(30(24)40)16-22-21-10-9-20(31)14-19(21)8-11-27(22)41-3/h4-15,18,24,32H,16-17H2,1-3H3,(H,35,38)/t18-,24-/m0/s1. The van der Waals surface area contributed by atoms with Crippen LogP contribution in [0.1, 0.15) is 23.0 Å². The molecule has 1 aliphatic rings. The molecule has 2 heterocycles. The van der Waals surface area contributed by atoms with E-state index in [1.165, 1.54) is 23.5 Å². The number of ether oxygens (including phenoxy) is 1. The van der Waals surface area contributed by atoms with Crippen LogP contribution in [0.25, 0.3) is 10.8 Å². The quantitative estimate of drug-likeness (QED) is 0.325. The van der Waals surface area contributed by atoms with Crippen molar-refractivity contribution >= 4 is 55.8 Å². The second kappa shape index (κ2) is 12.0. The van der Waals surface area contributed by atoms with Crippen molar-refractivity contribution in [1.82, 2.24) is 20.6 Å². The first-order valence-electron chi connectivity index (χ1n) is 13.0. The molecule has 1 aromatic heterocycles. The lowest BCUT2D eigenvalue weighted by atomic mass is 10.0. The summed E-state index contributed by atoms with van der Waals surface area (Å²) in [6, 6.07) is 15.3. The molecule has 210 valence electrons. The van der Waals surface area contributed by atoms with Crippen molar-refractivity contribution < 1.29 is 19.1 Å². The van der Waals surface area contributed by atoms with Gasteiger partial charge >= 0.3 is 0 Å². The number of aromatic nitrogens is 2. The van der Waals surface area contributed by atoms with Crippen molar-refractivity contribution in [3.05, 3.63) is 88.9 Å². The Morgan fingerprint density at radius 1 is 1.12 bits per heavy atom. The molecule has 0 saturated carbocycles. The Labute approximate surface area is 245 Å². The summed E-state index contributed by atoms with van der Waals surface area (Å²) in [5.74, 6) is -0.545. The Bertz CT molecular complexity index is 1620. The third kappa shape index (κ3) is 5.63. The van der Waals surface area contributed by atoms with E-state index in [0.717, 1.165) is 20.8 Å². The van der Waals surface area contributed by atoms with Gasteiger partial charge in [0.05, 0.1) is 43.8 Å². The van der Waals surface area contributed by atoms with Crippen molar-refractivity contribution in [3.8, 4) is 5.75 Å². The van der Waals surface area contributed by atoms with E-state index in [1.807, 2.05) is 36.4 Å². The zero-order valence-corrected chi connectivity index (χ0v) is 24.4. The van der Waals surface area contributed by atoms with Crippen molar-refractivity contribution in [2.75, 3.05) is 30.5 Å². The second-order valence-electron chi connectivity index (χ2n) is 9.60. The summed E-state index contributed by atoms with van der Waals surface area (Å²) in [6.45, 7) is 1.74. The van der Waals surface area contributed by atoms with E-state index in [-0.39, 0.29) is 30.6 Å². The molecule has 1 aliphatic heterocycles. The minimum atomic E-state index is -1.04. The van der Waals surface area contributed by atoms with Gasteiger partial charge in [0.2, 0.25) is 5.91 Å². The number of nitrogens with one attached hydrogen (secondary N) is 2. The molecule has 0 spiro atoms. The summed E-state index contributed by atoms with van der Waals surface area (Å²) in [6.07, 6.45) is 4.30. The van der Waals surface area contributed by atoms with E-state index >= 15 is 0 Å². The van der Waals surface area contributed by atoms with Crippen LogP contribution in [-0.4, -0.2) is 60.5 Å². The van der Waals surface area contributed by atoms with Crippen LogP contribution in [0.5, 0.6) is 5.75 Å². The molecule has 3 amide bonds. The van der Waals surface area contributed by atoms with E-state index in [2.05, 4.69) is 36.5 Å². The molecule has 0 aliphatic carbocycles. The Kier molecular flexibility index (Phi) is 8.27. The molecule has 0 bridgehead atoms. The predicted molar refractivity (Wildman–Crippen MR) is 160 cm³/mol. The van der Waals surface area contributed by atoms with E-state index in [4.69, 9.17) is 4.74 Å². The number of anilines is 2. The maximum absolute atomic E-state index is 14.3. The number of halogens is 1. The average Bonchev–Trinajstić information content (AvgIpc) is 3.11. The second-order valence-corrected chi connectivity index (χ2v) is 10.5. The van der Waals surface area contributed by atoms with E-state index in [0.29, 0.717) is 17.1 Å². The largest absolute Gasteiger partial charge is 0.496 e. The number of hydrogen-bond donors (Lipinski definition) is 2. The molecule has 4 aromatic rings. The highest BCUT2D eigenvalue weighted by molar-refractivity contribution is 9.10. The summed E-state index contributed by atoms with van der Waals surface area (Å²) >= 11 is 3.53. The highest BCUT2D eigenvalue weighted by Gasteiger charge is 2.38. The molecular formula is C30H29BrN6O4. The van der Waals surface area contributed by atoms with Gasteiger partial charge in [-0.1, -0.05) is 40.2 Å². The molecule has 2 atom stereocenters. The first-order chi connectivity index (χ1) is 19.8. The predicted octanol–water partition coefficient (Wildman–Crippen LogP) is 3.69. The van der Waals surface area contributed by atoms with Gasteiger partial charge in [0, 0.05) is 22.4 Å². The molecule has 0 saturated heterocycles. The zero-order valence-electron chi connectivity index (χ0n) is 22.8. The normalized spacial score (nSPS) is 15.7. The number of amides is 3. The van der Waals surface area contributed by atoms with Crippen molar-refractivity contribution in [1.29, 1.82) is 0 Å². The lowest BCUT2D eigenvalue weighted by Gasteiger charge is -2.27. The summed E-state index contributed by atoms with van der Waals surface area (Å²) < 4.78 is 6.65. The summed E-state index contributed by atoms with van der Waals surface area (Å²) in [5.41, 5.74) is 1.95. The van der Waals surface area contributed by atoms with Crippen LogP contribution in [0.2, 0.25) is 0 Å². The van der Waals surface area contributed by atoms with Gasteiger partial charge in [0.1, 0.15) is 17.5 Å². The van der Waals surface area contributed by atoms with Crippen LogP contribution >= 0.6 is 15.9 Å². The topological polar surface area (TPSA) is 117 Å². The number of fused-ring (bicyclic) bond motifs is 2. The van der Waals surface area contributed by atoms with Crippen LogP contribution in [0.3, 0.4) is 0 Å². The maximum Gasteiger partial charge on any atom is 0.278 e. The summed E-state index contributed by atoms with van der Waals surface area (Å²) in [7, 11) is 3.25. The van der Waals surface area contributed by atoms with E-state index < -0.39 is 18.0 Å². The Hall–Kier alpha value is -4.35. The lowest BCUT2D eigenvalue weighted by molar-refractivity contribution is -0.128. The molecule has 11 heteroatoms. The number of para-hydroxylation sites is 2. The molecular weight excluding hydrogens is 588 g/mol. The van der Waals surface area contributed by atoms with Gasteiger partial charge in [-0.2, -0.15) is 0 Å². The first-order valence-corrected chi connectivity index (χ1v) is 13.8. The van der Waals surface area contributed by atoms with Crippen molar-refractivity contribution in [2.24, 2.45) is 0 Å². The fourth-order valence-corrected chi connectivity index (χ4v) is 5.26. The fourth-order valence-electron chi connectivity index (χ4n) is 4.88. The molecule has 10 nitrogen and oxygen atoms in total. The number of rotatable bonds is 7. The number of likely N-dealkylation sites (N-methyl/N-ethyl adjacent to an activating group) is 1. The van der Waals surface area contributed by atoms with Gasteiger partial charge in [0.25, 0.3) is 11.8 Å². The van der Waals surface area contributed by atoms with Crippen LogP contribution in [0.4, 0.5) is 11.4 Å². The van der Waals surface area contributed by atoms with Gasteiger partial charge in [-0.15, -0.1) is 0 Å². The average molecular weight is 618 g/mol. The van der Waals surface area contributed by atoms with Crippen LogP contribution in [0, 0.1) is 0 Å². The molecule has 41 heavy (non-hydrogen) atoms. The number of methoxy groups -OCH3 is 1. The highest BCUT2D eigenvalue weighted by atomic mass is 79.9. The number of carbonyl (C=O) groups is 3. The monoisotopic (exact) mass is 616 g/mol. The summed E-state index contributed by atoms with van der Waals surface area (Å²) in [4.78, 5) is 52.4. The molecule has 3 aromatic carbocycles. The van der Waals surface area contributed by atoms with Gasteiger partial charge < -0.3 is 25.2 Å². The number of hydrogen-bond acceptors (Lipinski definition) is 7. The molecule has 2 N–H and O–H groups in total. The first kappa shape index (κ1) is 28.2. The number of carbonyl (C=O) groups excluding carboxylic acids is 3. The van der Waals surface area contributed by atoms with Crippen LogP contribution in [-0.2, 0) is 16.1 Å². The van der Waals surface area contributed by atoms with Crippen LogP contribution < -0.4 is 25.2 Å². The Morgan fingerprint density at radius 2 is 1.90 bits per heavy atom. The molecule has 0 radical (unpaired) electrons. The number of nitrogens with zero attached hydrogens (tertiary/aromatic N) is 4. The van der Waals surface area contributed by atoms with Gasteiger partial charge in [-0.3, -0.25) is 19.4 Å². The molecule has 0 unspecified atom stereocenters. The third-order valence-corrected chi connectivity index (χ3v) is 7.64. The van der Waals surface area contributed by atoms with Gasteiger partial charge in [0.15, 0.2) is 0 Å². The molecule has 0 fully saturated rings. The molecule has 5 rings (SSSR count). The van der Waals surface area contributed by atoms with Gasteiger partial charge in [-0.25, -0.2) is 4.98 Å². The Morgan fingerprint density at radius 3 is 2.61 bits per heavy atom. The van der Waals surface area contributed by atoms with E-state index in [1.54, 1.807) is 44.2 Å². The highest BCUT2D eigenvalue weighted by Crippen LogP contribution is 2.37. The smallest absolute Gasteiger partial charge is 0.278 e. The minimum absolute atomic E-state index is 0.0937. The maximum atomic E-state index is 14.3. The minimum Gasteiger partial charge on any atom is -0.496 e. The SMILES string of the molecule is CN[C@@H](C)C(=O)N[C@H]1CN(C(=O)c2cnccn2)c2ccccc2N(Cc2c(OC)ccc3cc(Br)ccc23)C1=O. The van der Waals surface area contributed by atoms with E-state index in [9.17, 15) is 14.4 Å². The zero-order chi connectivity index (χ0) is 29.1. The third-order valence-electron chi connectivity index (χ3n) is 7.15. The lowest BCUT2D eigenvalue weighted by Crippen LogP contribution is -2.55. The number of benzene rings is 3. The van der Waals surface area contributed by atoms with Crippen molar-refractivity contribution in [2.45, 2.75) is 25.6 Å². The van der Waals surface area contributed by atoms with Crippen LogP contribution in [0.15, 0.2) is 77.7 Å². The Balaban J connectivity index is 1.65. The van der Waals surface area contributed by atoms with Gasteiger partial charge in [-0.05, 0) is 55.1 Å². The van der Waals surface area contributed by atoms with Crippen molar-refractivity contribution in [3.63, 3.8) is 0 Å². The fraction of sp³-hybridized carbons (Fsp3) is 0.233.